The third-order valence-corrected chi connectivity index (χ3v) is 29.9. The fraction of sp³-hybridized carbons (Fsp3) is 0.700. The highest BCUT2D eigenvalue weighted by Crippen LogP contribution is 2.54. The Morgan fingerprint density at radius 1 is 0.537 bits per heavy atom. The van der Waals surface area contributed by atoms with Crippen molar-refractivity contribution < 1.29 is 124 Å². The van der Waals surface area contributed by atoms with Gasteiger partial charge in [0.2, 0.25) is 68.3 Å². The Morgan fingerprint density at radius 2 is 0.893 bits per heavy atom. The molecule has 4 aromatic rings. The lowest BCUT2D eigenvalue weighted by molar-refractivity contribution is -0.144. The maximum atomic E-state index is 16.3. The zero-order valence-electron chi connectivity index (χ0n) is 69.2. The van der Waals surface area contributed by atoms with Gasteiger partial charge >= 0.3 is 12.2 Å². The highest BCUT2D eigenvalue weighted by molar-refractivity contribution is 7.92. The number of aromatic nitrogens is 4. The van der Waals surface area contributed by atoms with E-state index in [1.807, 2.05) is 9.44 Å². The second-order valence-electron chi connectivity index (χ2n) is 36.4. The van der Waals surface area contributed by atoms with E-state index in [0.717, 1.165) is 9.80 Å². The number of halogens is 8. The number of alkyl halides is 8. The first kappa shape index (κ1) is 91.2. The van der Waals surface area contributed by atoms with Gasteiger partial charge in [-0.15, -0.1) is 0 Å². The van der Waals surface area contributed by atoms with Crippen molar-refractivity contribution in [1.29, 1.82) is 0 Å². The minimum absolute atomic E-state index is 0. The summed E-state index contributed by atoms with van der Waals surface area (Å²) in [6.45, 7) is 15.2. The summed E-state index contributed by atoms with van der Waals surface area (Å²) < 4.78 is 211. The number of benzene rings is 2. The zero-order chi connectivity index (χ0) is 87.5. The number of fused-ring (bicyclic) bond motifs is 10. The van der Waals surface area contributed by atoms with E-state index in [2.05, 4.69) is 41.2 Å². The molecule has 16 atom stereocenters. The van der Waals surface area contributed by atoms with E-state index in [0.29, 0.717) is 50.0 Å². The van der Waals surface area contributed by atoms with Gasteiger partial charge in [-0.05, 0) is 151 Å². The van der Waals surface area contributed by atoms with Crippen LogP contribution in [-0.2, 0) is 70.1 Å². The number of alkyl carbamates (subject to hydrolysis) is 2. The average Bonchev–Trinajstić information content (AvgIpc) is 1.56. The molecular weight excluding hydrogens is 1650 g/mol. The maximum absolute atomic E-state index is 16.3. The van der Waals surface area contributed by atoms with E-state index in [1.165, 1.54) is 52.3 Å². The van der Waals surface area contributed by atoms with Gasteiger partial charge in [-0.25, -0.2) is 63.9 Å². The Balaban J connectivity index is 0.000000220. The van der Waals surface area contributed by atoms with Gasteiger partial charge in [-0.1, -0.05) is 68.2 Å². The quantitative estimate of drug-likeness (QED) is 0.0569. The Bertz CT molecular complexity index is 4640. The predicted molar refractivity (Wildman–Crippen MR) is 417 cm³/mol. The number of hydrogen-bond acceptors (Lipinski definition) is 22. The van der Waals surface area contributed by atoms with Crippen LogP contribution >= 0.6 is 0 Å². The van der Waals surface area contributed by atoms with E-state index < -0.39 is 258 Å². The SMILES string of the molecule is CC[C@@H]1[C@@H]2CN(C(=O)[C@H](C(C)(C)C)NC(=O)O[C@@H]3C[C@H]3CCCCC(F)(F)c3nc4ccc(OC)cc4nc3O2)[C@@H]1C(=O)N[C@]1(C(=O)NS(=O)(=O)C2(C)CC2)C[C@H]1C(F)F.CC[C@@H]1[C@@H]2CN(C(=O)[C@H](C(C)(C)C)NC(=O)O[C@@H]3C[C@H]3CCCCC(F)(F)c3nc4ccc(OC)cc4nc3O2)[C@@H]1C(=O)N[C@]1(C(=O)NS(=O)(=O)C2(C)CC2)C[C@H]1C(F)F.O. The number of rotatable bonds is 16. The maximum Gasteiger partial charge on any atom is 0.408 e. The van der Waals surface area contributed by atoms with Crippen molar-refractivity contribution in [2.24, 2.45) is 46.3 Å². The van der Waals surface area contributed by atoms with E-state index >= 15 is 17.6 Å². The summed E-state index contributed by atoms with van der Waals surface area (Å²) in [6.07, 6.45) is -9.82. The van der Waals surface area contributed by atoms with Crippen molar-refractivity contribution in [1.82, 2.24) is 60.4 Å². The Hall–Kier alpha value is -9.02. The minimum atomic E-state index is -4.31. The summed E-state index contributed by atoms with van der Waals surface area (Å²) in [7, 11) is -5.79. The molecule has 8 N–H and O–H groups in total. The van der Waals surface area contributed by atoms with Crippen LogP contribution in [0.25, 0.3) is 22.1 Å². The van der Waals surface area contributed by atoms with Crippen molar-refractivity contribution in [2.45, 2.75) is 279 Å². The van der Waals surface area contributed by atoms with E-state index in [4.69, 9.17) is 28.4 Å². The van der Waals surface area contributed by atoms with Crippen LogP contribution in [0.4, 0.5) is 44.7 Å². The van der Waals surface area contributed by atoms with Crippen LogP contribution in [-0.4, -0.2) is 209 Å². The van der Waals surface area contributed by atoms with Crippen LogP contribution in [0.1, 0.15) is 196 Å². The van der Waals surface area contributed by atoms with Gasteiger partial charge < -0.3 is 65.0 Å². The van der Waals surface area contributed by atoms with E-state index in [1.54, 1.807) is 67.5 Å². The van der Waals surface area contributed by atoms with Gasteiger partial charge in [0.25, 0.3) is 23.7 Å². The van der Waals surface area contributed by atoms with Gasteiger partial charge in [0.05, 0.1) is 70.7 Å². The molecule has 668 valence electrons. The lowest BCUT2D eigenvalue weighted by Gasteiger charge is -2.36. The Kier molecular flexibility index (Phi) is 25.0. The summed E-state index contributed by atoms with van der Waals surface area (Å²) in [5.41, 5.74) is -7.66. The summed E-state index contributed by atoms with van der Waals surface area (Å²) in [5, 5.41) is 10.1. The number of hydrogen-bond donors (Lipinski definition) is 6. The molecule has 10 aliphatic rings. The third-order valence-electron chi connectivity index (χ3n) is 25.5. The highest BCUT2D eigenvalue weighted by Gasteiger charge is 2.70. The van der Waals surface area contributed by atoms with Gasteiger partial charge in [-0.2, -0.15) is 17.6 Å². The van der Waals surface area contributed by atoms with Gasteiger partial charge in [0.1, 0.15) is 71.2 Å². The predicted octanol–water partition coefficient (Wildman–Crippen LogP) is 9.09. The van der Waals surface area contributed by atoms with Gasteiger partial charge in [0.15, 0.2) is 11.4 Å². The molecule has 2 aromatic heterocycles. The Morgan fingerprint density at radius 3 is 1.20 bits per heavy atom. The van der Waals surface area contributed by atoms with Gasteiger partial charge in [0, 0.05) is 36.8 Å². The molecule has 121 heavy (non-hydrogen) atoms. The lowest BCUT2D eigenvalue weighted by atomic mass is 9.85. The van der Waals surface area contributed by atoms with Crippen LogP contribution in [0.3, 0.4) is 0 Å². The number of sulfonamides is 2. The Labute approximate surface area is 694 Å². The standard InChI is InChI=1S/2C40H52F4N6O9S.H2O/c2*1-7-22-27-19-50(28(22)32(51)48-39(18-23(39)31(41)42)35(53)49-60(55,56)38(5)14-15-38)34(52)30(37(2,3)4)47-36(54)59-26-16-20(26)10-8-9-13-40(43,44)29-33(58-27)46-25-17-21(57-6)11-12-24(25)45-29;/h2*11-12,17,20,22-23,26-28,30-31H,7-10,13-16,18-19H2,1-6H3,(H,47,54)(H,48,51)(H,49,53);1H2/t2*20-,22-,23+,26-,27+,28+,30-,39-;/m11./s1. The molecule has 31 nitrogen and oxygen atoms in total. The molecule has 4 aliphatic heterocycles. The smallest absolute Gasteiger partial charge is 0.408 e. The molecule has 0 radical (unpaired) electrons. The molecule has 4 bridgehead atoms. The van der Waals surface area contributed by atoms with Crippen molar-refractivity contribution in [3.05, 3.63) is 47.8 Å². The molecule has 0 unspecified atom stereocenters. The van der Waals surface area contributed by atoms with E-state index in [-0.39, 0.29) is 90.7 Å². The second kappa shape index (κ2) is 33.2. The number of carbonyl (C=O) groups excluding carboxylic acids is 8. The number of nitrogens with zero attached hydrogens (tertiary/aromatic N) is 6. The molecule has 2 aromatic carbocycles. The molecule has 8 fully saturated rings. The summed E-state index contributed by atoms with van der Waals surface area (Å²) in [5.74, 6) is -19.7. The fourth-order valence-electron chi connectivity index (χ4n) is 16.9. The lowest BCUT2D eigenvalue weighted by Crippen LogP contribution is -2.61. The van der Waals surface area contributed by atoms with Crippen molar-refractivity contribution in [2.75, 3.05) is 27.3 Å². The highest BCUT2D eigenvalue weighted by atomic mass is 32.2. The number of nitrogens with one attached hydrogen (secondary N) is 6. The van der Waals surface area contributed by atoms with Crippen LogP contribution in [0, 0.1) is 46.3 Å². The fourth-order valence-corrected chi connectivity index (χ4v) is 19.5. The summed E-state index contributed by atoms with van der Waals surface area (Å²) >= 11 is 0. The normalized spacial score (nSPS) is 31.1. The largest absolute Gasteiger partial charge is 0.497 e. The number of carbonyl (C=O) groups is 8. The van der Waals surface area contributed by atoms with Crippen LogP contribution < -0.4 is 49.7 Å². The molecule has 6 heterocycles. The molecule has 8 amide bonds. The molecule has 0 spiro atoms. The molecule has 14 rings (SSSR count). The molecular formula is C80H106F8N12O19S2. The third kappa shape index (κ3) is 18.5. The van der Waals surface area contributed by atoms with Crippen molar-refractivity contribution in [3.8, 4) is 23.3 Å². The van der Waals surface area contributed by atoms with Gasteiger partial charge in [-0.3, -0.25) is 38.2 Å². The topological polar surface area (TPSA) is 422 Å². The minimum Gasteiger partial charge on any atom is -0.497 e. The molecule has 41 heteroatoms. The molecule has 2 saturated heterocycles. The summed E-state index contributed by atoms with van der Waals surface area (Å²) in [6, 6.07) is 3.17. The number of ether oxygens (including phenoxy) is 6. The number of amides is 8. The number of methoxy groups -OCH3 is 2. The van der Waals surface area contributed by atoms with Crippen LogP contribution in [0.5, 0.6) is 23.3 Å². The zero-order valence-corrected chi connectivity index (χ0v) is 70.8. The molecule has 6 saturated carbocycles. The van der Waals surface area contributed by atoms with Crippen LogP contribution in [0.2, 0.25) is 0 Å². The van der Waals surface area contributed by atoms with Crippen molar-refractivity contribution >= 4 is 89.7 Å². The van der Waals surface area contributed by atoms with E-state index in [9.17, 15) is 72.8 Å². The van der Waals surface area contributed by atoms with Crippen LogP contribution in [0.15, 0.2) is 36.4 Å². The monoisotopic (exact) mass is 1750 g/mol. The molecule has 6 aliphatic carbocycles. The summed E-state index contributed by atoms with van der Waals surface area (Å²) in [4.78, 5) is 133. The first-order valence-electron chi connectivity index (χ1n) is 40.8. The second-order valence-corrected chi connectivity index (χ2v) is 40.8. The first-order chi connectivity index (χ1) is 56.1. The average molecular weight is 1760 g/mol. The van der Waals surface area contributed by atoms with Crippen molar-refractivity contribution in [3.63, 3.8) is 0 Å². The first-order valence-corrected chi connectivity index (χ1v) is 43.8.